The van der Waals surface area contributed by atoms with Gasteiger partial charge in [0.15, 0.2) is 0 Å². The van der Waals surface area contributed by atoms with E-state index in [1.165, 1.54) is 18.4 Å². The van der Waals surface area contributed by atoms with Crippen molar-refractivity contribution in [3.05, 3.63) is 11.1 Å². The Labute approximate surface area is 128 Å². The van der Waals surface area contributed by atoms with Gasteiger partial charge in [0.05, 0.1) is 18.7 Å². The number of likely N-dealkylation sites (tertiary alicyclic amines) is 1. The third-order valence-electron chi connectivity index (χ3n) is 4.65. The summed E-state index contributed by atoms with van der Waals surface area (Å²) >= 11 is 6.49. The summed E-state index contributed by atoms with van der Waals surface area (Å²) in [5, 5.41) is 0. The fourth-order valence-electron chi connectivity index (χ4n) is 3.24. The minimum Gasteiger partial charge on any atom is -0.379 e. The molecular weight excluding hydrogens is 272 g/mol. The molecule has 4 heteroatoms. The van der Waals surface area contributed by atoms with Crippen molar-refractivity contribution in [1.82, 2.24) is 9.80 Å². The molecule has 0 bridgehead atoms. The number of ether oxygens (including phenoxy) is 1. The van der Waals surface area contributed by atoms with Crippen molar-refractivity contribution in [3.8, 4) is 0 Å². The number of nitrogens with zero attached hydrogens (tertiary/aromatic N) is 2. The first-order valence-electron chi connectivity index (χ1n) is 7.95. The van der Waals surface area contributed by atoms with Crippen LogP contribution < -0.4 is 0 Å². The zero-order valence-corrected chi connectivity index (χ0v) is 14.0. The van der Waals surface area contributed by atoms with Crippen LogP contribution in [0.25, 0.3) is 0 Å². The summed E-state index contributed by atoms with van der Waals surface area (Å²) in [6, 6.07) is 0.495. The maximum absolute atomic E-state index is 6.49. The van der Waals surface area contributed by atoms with Crippen molar-refractivity contribution in [2.75, 3.05) is 39.4 Å². The Balaban J connectivity index is 2.01. The molecule has 2 rings (SSSR count). The molecular formula is C16H29ClN2O. The smallest absolute Gasteiger partial charge is 0.0853 e. The average Bonchev–Trinajstić information content (AvgIpc) is 2.46. The normalized spacial score (nSPS) is 27.3. The van der Waals surface area contributed by atoms with Gasteiger partial charge < -0.3 is 4.74 Å². The molecule has 0 aromatic rings. The van der Waals surface area contributed by atoms with Crippen molar-refractivity contribution in [2.45, 2.75) is 51.6 Å². The Bertz CT molecular complexity index is 335. The van der Waals surface area contributed by atoms with Crippen molar-refractivity contribution in [2.24, 2.45) is 0 Å². The lowest BCUT2D eigenvalue weighted by Gasteiger charge is -2.38. The third-order valence-corrected chi connectivity index (χ3v) is 5.14. The fourth-order valence-corrected chi connectivity index (χ4v) is 3.56. The Morgan fingerprint density at radius 2 is 1.90 bits per heavy atom. The van der Waals surface area contributed by atoms with E-state index >= 15 is 0 Å². The summed E-state index contributed by atoms with van der Waals surface area (Å²) in [5.74, 6) is 0. The quantitative estimate of drug-likeness (QED) is 0.451. The van der Waals surface area contributed by atoms with Crippen LogP contribution in [0.2, 0.25) is 0 Å². The lowest BCUT2D eigenvalue weighted by Crippen LogP contribution is -2.46. The van der Waals surface area contributed by atoms with E-state index in [-0.39, 0.29) is 5.50 Å². The first kappa shape index (κ1) is 16.3. The van der Waals surface area contributed by atoms with Gasteiger partial charge in [0.1, 0.15) is 0 Å². The Hall–Kier alpha value is -0.0900. The second kappa shape index (κ2) is 7.79. The molecule has 2 heterocycles. The highest BCUT2D eigenvalue weighted by molar-refractivity contribution is 6.20. The number of halogens is 1. The fraction of sp³-hybridized carbons (Fsp3) is 0.875. The van der Waals surface area contributed by atoms with E-state index in [0.29, 0.717) is 6.04 Å². The second-order valence-corrected chi connectivity index (χ2v) is 6.75. The van der Waals surface area contributed by atoms with Crippen LogP contribution in [0.5, 0.6) is 0 Å². The van der Waals surface area contributed by atoms with Gasteiger partial charge in [0.25, 0.3) is 0 Å². The minimum absolute atomic E-state index is 0.218. The van der Waals surface area contributed by atoms with Gasteiger partial charge in [-0.2, -0.15) is 0 Å². The summed E-state index contributed by atoms with van der Waals surface area (Å²) in [6.07, 6.45) is 3.68. The maximum Gasteiger partial charge on any atom is 0.0853 e. The van der Waals surface area contributed by atoms with Crippen molar-refractivity contribution in [3.63, 3.8) is 0 Å². The number of alkyl halides is 1. The van der Waals surface area contributed by atoms with Gasteiger partial charge in [-0.25, -0.2) is 0 Å². The molecule has 2 saturated heterocycles. The van der Waals surface area contributed by atoms with Crippen LogP contribution in [0.4, 0.5) is 0 Å². The van der Waals surface area contributed by atoms with Crippen LogP contribution in [-0.2, 0) is 4.74 Å². The van der Waals surface area contributed by atoms with Gasteiger partial charge in [0, 0.05) is 25.7 Å². The number of allylic oxidation sites excluding steroid dienone is 1. The highest BCUT2D eigenvalue weighted by Crippen LogP contribution is 2.24. The molecule has 0 saturated carbocycles. The van der Waals surface area contributed by atoms with Gasteiger partial charge >= 0.3 is 0 Å². The van der Waals surface area contributed by atoms with E-state index in [4.69, 9.17) is 16.3 Å². The van der Waals surface area contributed by atoms with E-state index in [1.54, 1.807) is 5.57 Å². The number of morpholine rings is 1. The predicted octanol–water partition coefficient (Wildman–Crippen LogP) is 3.09. The highest BCUT2D eigenvalue weighted by atomic mass is 35.5. The molecule has 0 spiro atoms. The second-order valence-electron chi connectivity index (χ2n) is 6.25. The monoisotopic (exact) mass is 300 g/mol. The molecule has 2 aliphatic heterocycles. The molecule has 2 aliphatic rings. The molecule has 2 fully saturated rings. The van der Waals surface area contributed by atoms with Gasteiger partial charge in [-0.1, -0.05) is 5.57 Å². The van der Waals surface area contributed by atoms with Crippen molar-refractivity contribution < 1.29 is 4.74 Å². The molecule has 0 amide bonds. The molecule has 0 aromatic heterocycles. The van der Waals surface area contributed by atoms with Crippen LogP contribution in [0.15, 0.2) is 11.1 Å². The van der Waals surface area contributed by atoms with Crippen LogP contribution in [0, 0.1) is 0 Å². The average molecular weight is 301 g/mol. The zero-order valence-electron chi connectivity index (χ0n) is 13.2. The van der Waals surface area contributed by atoms with Crippen LogP contribution in [-0.4, -0.2) is 60.7 Å². The lowest BCUT2D eigenvalue weighted by molar-refractivity contribution is 0.0250. The molecule has 0 aromatic carbocycles. The minimum atomic E-state index is 0.218. The first-order chi connectivity index (χ1) is 9.59. The van der Waals surface area contributed by atoms with E-state index in [2.05, 4.69) is 30.6 Å². The summed E-state index contributed by atoms with van der Waals surface area (Å²) < 4.78 is 5.47. The number of hydrogen-bond donors (Lipinski definition) is 0. The van der Waals surface area contributed by atoms with Crippen molar-refractivity contribution in [1.29, 1.82) is 0 Å². The molecule has 20 heavy (non-hydrogen) atoms. The van der Waals surface area contributed by atoms with Gasteiger partial charge in [0.2, 0.25) is 0 Å². The molecule has 0 radical (unpaired) electrons. The van der Waals surface area contributed by atoms with Crippen LogP contribution >= 0.6 is 11.6 Å². The van der Waals surface area contributed by atoms with E-state index in [1.807, 2.05) is 0 Å². The molecule has 116 valence electrons. The summed E-state index contributed by atoms with van der Waals surface area (Å²) in [5.41, 5.74) is 3.20. The predicted molar refractivity (Wildman–Crippen MR) is 85.3 cm³/mol. The molecule has 0 aliphatic carbocycles. The summed E-state index contributed by atoms with van der Waals surface area (Å²) in [4.78, 5) is 4.99. The third kappa shape index (κ3) is 4.20. The summed E-state index contributed by atoms with van der Waals surface area (Å²) in [7, 11) is 0. The number of rotatable bonds is 4. The Morgan fingerprint density at radius 1 is 1.20 bits per heavy atom. The van der Waals surface area contributed by atoms with Gasteiger partial charge in [-0.3, -0.25) is 9.80 Å². The van der Waals surface area contributed by atoms with E-state index < -0.39 is 0 Å². The van der Waals surface area contributed by atoms with Crippen LogP contribution in [0.3, 0.4) is 0 Å². The van der Waals surface area contributed by atoms with Crippen LogP contribution in [0.1, 0.15) is 40.0 Å². The van der Waals surface area contributed by atoms with Gasteiger partial charge in [-0.15, -0.1) is 11.6 Å². The highest BCUT2D eigenvalue weighted by Gasteiger charge is 2.26. The van der Waals surface area contributed by atoms with E-state index in [9.17, 15) is 0 Å². The van der Waals surface area contributed by atoms with Crippen molar-refractivity contribution >= 4 is 11.6 Å². The SMILES string of the molecule is CC(C)=C(CN1CCCCC1Cl)C(C)N1CCOCC1. The molecule has 3 nitrogen and oxygen atoms in total. The molecule has 0 N–H and O–H groups in total. The first-order valence-corrected chi connectivity index (χ1v) is 8.39. The largest absolute Gasteiger partial charge is 0.379 e. The Morgan fingerprint density at radius 3 is 2.50 bits per heavy atom. The topological polar surface area (TPSA) is 15.7 Å². The molecule has 2 atom stereocenters. The lowest BCUT2D eigenvalue weighted by atomic mass is 9.99. The summed E-state index contributed by atoms with van der Waals surface area (Å²) in [6.45, 7) is 12.8. The Kier molecular flexibility index (Phi) is 6.34. The maximum atomic E-state index is 6.49. The zero-order chi connectivity index (χ0) is 14.5. The number of hydrogen-bond acceptors (Lipinski definition) is 3. The molecule has 2 unspecified atom stereocenters. The standard InChI is InChI=1S/C16H29ClN2O/c1-13(2)15(12-19-7-5-4-6-16(19)17)14(3)18-8-10-20-11-9-18/h14,16H,4-12H2,1-3H3. The number of piperidine rings is 1. The van der Waals surface area contributed by atoms with Gasteiger partial charge in [-0.05, 0) is 52.2 Å². The van der Waals surface area contributed by atoms with E-state index in [0.717, 1.165) is 45.8 Å².